The second kappa shape index (κ2) is 5.77. The Hall–Kier alpha value is -1.43. The number of carbonyl (C=O) groups excluding carboxylic acids is 1. The molecule has 0 saturated carbocycles. The summed E-state index contributed by atoms with van der Waals surface area (Å²) in [6, 6.07) is -0.762. The van der Waals surface area contributed by atoms with Crippen LogP contribution in [-0.4, -0.2) is 40.0 Å². The molecule has 94 valence electrons. The SMILES string of the molecule is CCC(C(=O)O)N(C)C(=O)Cc1csc(C)n1. The van der Waals surface area contributed by atoms with E-state index >= 15 is 0 Å². The van der Waals surface area contributed by atoms with Gasteiger partial charge in [-0.1, -0.05) is 6.92 Å². The van der Waals surface area contributed by atoms with E-state index < -0.39 is 12.0 Å². The van der Waals surface area contributed by atoms with Crippen molar-refractivity contribution in [1.82, 2.24) is 9.88 Å². The van der Waals surface area contributed by atoms with Gasteiger partial charge in [-0.25, -0.2) is 9.78 Å². The van der Waals surface area contributed by atoms with Crippen LogP contribution in [0, 0.1) is 6.92 Å². The predicted molar refractivity (Wildman–Crippen MR) is 65.0 cm³/mol. The van der Waals surface area contributed by atoms with E-state index in [1.807, 2.05) is 12.3 Å². The molecule has 1 heterocycles. The van der Waals surface area contributed by atoms with Gasteiger partial charge in [0.2, 0.25) is 5.91 Å². The largest absolute Gasteiger partial charge is 0.480 e. The van der Waals surface area contributed by atoms with E-state index in [4.69, 9.17) is 5.11 Å². The third-order valence-electron chi connectivity index (χ3n) is 2.53. The first-order valence-electron chi connectivity index (χ1n) is 5.35. The number of aromatic nitrogens is 1. The molecule has 1 amide bonds. The van der Waals surface area contributed by atoms with Gasteiger partial charge in [0, 0.05) is 12.4 Å². The van der Waals surface area contributed by atoms with Gasteiger partial charge in [-0.15, -0.1) is 11.3 Å². The topological polar surface area (TPSA) is 70.5 Å². The molecule has 1 aromatic rings. The smallest absolute Gasteiger partial charge is 0.326 e. The van der Waals surface area contributed by atoms with Crippen molar-refractivity contribution in [1.29, 1.82) is 0 Å². The average molecular weight is 256 g/mol. The number of aryl methyl sites for hydroxylation is 1. The van der Waals surface area contributed by atoms with Crippen LogP contribution in [0.15, 0.2) is 5.38 Å². The van der Waals surface area contributed by atoms with Crippen molar-refractivity contribution in [2.45, 2.75) is 32.7 Å². The number of likely N-dealkylation sites (N-methyl/N-ethyl adjacent to an activating group) is 1. The third-order valence-corrected chi connectivity index (χ3v) is 3.35. The maximum Gasteiger partial charge on any atom is 0.326 e. The highest BCUT2D eigenvalue weighted by atomic mass is 32.1. The van der Waals surface area contributed by atoms with Crippen LogP contribution in [0.25, 0.3) is 0 Å². The molecule has 0 spiro atoms. The van der Waals surface area contributed by atoms with Gasteiger partial charge >= 0.3 is 5.97 Å². The molecular weight excluding hydrogens is 240 g/mol. The highest BCUT2D eigenvalue weighted by Crippen LogP contribution is 2.11. The Morgan fingerprint density at radius 2 is 2.24 bits per heavy atom. The monoisotopic (exact) mass is 256 g/mol. The van der Waals surface area contributed by atoms with Gasteiger partial charge in [0.25, 0.3) is 0 Å². The van der Waals surface area contributed by atoms with Gasteiger partial charge in [0.1, 0.15) is 6.04 Å². The zero-order valence-electron chi connectivity index (χ0n) is 10.1. The predicted octanol–water partition coefficient (Wildman–Crippen LogP) is 1.32. The molecule has 1 unspecified atom stereocenters. The molecule has 1 aromatic heterocycles. The van der Waals surface area contributed by atoms with Crippen LogP contribution in [0.3, 0.4) is 0 Å². The molecule has 0 aromatic carbocycles. The lowest BCUT2D eigenvalue weighted by Gasteiger charge is -2.23. The van der Waals surface area contributed by atoms with Crippen molar-refractivity contribution in [2.24, 2.45) is 0 Å². The summed E-state index contributed by atoms with van der Waals surface area (Å²) in [5.41, 5.74) is 0.699. The summed E-state index contributed by atoms with van der Waals surface area (Å²) in [4.78, 5) is 28.2. The molecule has 0 bridgehead atoms. The van der Waals surface area contributed by atoms with Crippen LogP contribution >= 0.6 is 11.3 Å². The van der Waals surface area contributed by atoms with Gasteiger partial charge in [-0.3, -0.25) is 4.79 Å². The lowest BCUT2D eigenvalue weighted by Crippen LogP contribution is -2.42. The minimum absolute atomic E-state index is 0.157. The van der Waals surface area contributed by atoms with E-state index in [0.717, 1.165) is 5.01 Å². The number of carbonyl (C=O) groups is 2. The molecule has 1 atom stereocenters. The summed E-state index contributed by atoms with van der Waals surface area (Å²) in [6.45, 7) is 3.62. The van der Waals surface area contributed by atoms with E-state index in [-0.39, 0.29) is 12.3 Å². The Labute approximate surface area is 104 Å². The fraction of sp³-hybridized carbons (Fsp3) is 0.545. The van der Waals surface area contributed by atoms with Crippen molar-refractivity contribution in [3.8, 4) is 0 Å². The zero-order valence-corrected chi connectivity index (χ0v) is 11.0. The van der Waals surface area contributed by atoms with E-state index in [1.54, 1.807) is 6.92 Å². The maximum absolute atomic E-state index is 11.9. The van der Waals surface area contributed by atoms with Crippen molar-refractivity contribution in [3.63, 3.8) is 0 Å². The number of carboxylic acids is 1. The van der Waals surface area contributed by atoms with Gasteiger partial charge in [0.15, 0.2) is 0 Å². The molecule has 0 aliphatic heterocycles. The van der Waals surface area contributed by atoms with Gasteiger partial charge in [-0.2, -0.15) is 0 Å². The third kappa shape index (κ3) is 3.52. The van der Waals surface area contributed by atoms with E-state index in [1.165, 1.54) is 23.3 Å². The summed E-state index contributed by atoms with van der Waals surface area (Å²) in [5.74, 6) is -1.19. The average Bonchev–Trinajstić information content (AvgIpc) is 2.64. The molecule has 0 aliphatic rings. The molecule has 17 heavy (non-hydrogen) atoms. The summed E-state index contributed by atoms with van der Waals surface area (Å²) in [7, 11) is 1.52. The minimum atomic E-state index is -0.974. The molecule has 0 fully saturated rings. The number of amides is 1. The molecule has 1 rings (SSSR count). The van der Waals surface area contributed by atoms with Crippen molar-refractivity contribution >= 4 is 23.2 Å². The maximum atomic E-state index is 11.9. The molecule has 5 nitrogen and oxygen atoms in total. The Bertz CT molecular complexity index is 417. The van der Waals surface area contributed by atoms with Crippen molar-refractivity contribution in [2.75, 3.05) is 7.05 Å². The van der Waals surface area contributed by atoms with Crippen LogP contribution in [0.5, 0.6) is 0 Å². The van der Waals surface area contributed by atoms with Crippen LogP contribution < -0.4 is 0 Å². The van der Waals surface area contributed by atoms with Crippen LogP contribution in [0.4, 0.5) is 0 Å². The van der Waals surface area contributed by atoms with Crippen LogP contribution in [0.2, 0.25) is 0 Å². The van der Waals surface area contributed by atoms with Crippen molar-refractivity contribution in [3.05, 3.63) is 16.1 Å². The Balaban J connectivity index is 2.66. The summed E-state index contributed by atoms with van der Waals surface area (Å²) < 4.78 is 0. The summed E-state index contributed by atoms with van der Waals surface area (Å²) >= 11 is 1.48. The van der Waals surface area contributed by atoms with Gasteiger partial charge in [0.05, 0.1) is 17.1 Å². The van der Waals surface area contributed by atoms with E-state index in [0.29, 0.717) is 12.1 Å². The lowest BCUT2D eigenvalue weighted by molar-refractivity contribution is -0.148. The Kier molecular flexibility index (Phi) is 4.62. The van der Waals surface area contributed by atoms with Crippen LogP contribution in [-0.2, 0) is 16.0 Å². The molecule has 0 aliphatic carbocycles. The number of hydrogen-bond acceptors (Lipinski definition) is 4. The number of hydrogen-bond donors (Lipinski definition) is 1. The number of aliphatic carboxylic acids is 1. The zero-order chi connectivity index (χ0) is 13.0. The Morgan fingerprint density at radius 1 is 1.59 bits per heavy atom. The second-order valence-corrected chi connectivity index (χ2v) is 4.86. The van der Waals surface area contributed by atoms with E-state index in [2.05, 4.69) is 4.98 Å². The highest BCUT2D eigenvalue weighted by Gasteiger charge is 2.24. The molecular formula is C11H16N2O3S. The number of thiazole rings is 1. The lowest BCUT2D eigenvalue weighted by atomic mass is 10.2. The molecule has 1 N–H and O–H groups in total. The quantitative estimate of drug-likeness (QED) is 0.862. The molecule has 0 radical (unpaired) electrons. The summed E-state index contributed by atoms with van der Waals surface area (Å²) in [6.07, 6.45) is 0.554. The first-order valence-corrected chi connectivity index (χ1v) is 6.23. The standard InChI is InChI=1S/C11H16N2O3S/c1-4-9(11(15)16)13(3)10(14)5-8-6-17-7(2)12-8/h6,9H,4-5H2,1-3H3,(H,15,16). The van der Waals surface area contributed by atoms with Crippen LogP contribution in [0.1, 0.15) is 24.0 Å². The number of nitrogens with zero attached hydrogens (tertiary/aromatic N) is 2. The minimum Gasteiger partial charge on any atom is -0.480 e. The normalized spacial score (nSPS) is 12.2. The molecule has 0 saturated heterocycles. The van der Waals surface area contributed by atoms with E-state index in [9.17, 15) is 9.59 Å². The Morgan fingerprint density at radius 3 is 2.65 bits per heavy atom. The number of rotatable bonds is 5. The van der Waals surface area contributed by atoms with Gasteiger partial charge in [-0.05, 0) is 13.3 Å². The fourth-order valence-electron chi connectivity index (χ4n) is 1.56. The van der Waals surface area contributed by atoms with Gasteiger partial charge < -0.3 is 10.0 Å². The van der Waals surface area contributed by atoms with Crippen molar-refractivity contribution < 1.29 is 14.7 Å². The second-order valence-electron chi connectivity index (χ2n) is 3.80. The highest BCUT2D eigenvalue weighted by molar-refractivity contribution is 7.09. The first-order chi connectivity index (χ1) is 7.95. The number of carboxylic acid groups (broad SMARTS) is 1. The molecule has 6 heteroatoms. The fourth-order valence-corrected chi connectivity index (χ4v) is 2.17. The summed E-state index contributed by atoms with van der Waals surface area (Å²) in [5, 5.41) is 11.7. The first kappa shape index (κ1) is 13.6.